The molecule has 2 aromatic carbocycles. The van der Waals surface area contributed by atoms with Gasteiger partial charge in [-0.3, -0.25) is 0 Å². The molecule has 6 heteroatoms. The minimum absolute atomic E-state index is 0.000504. The number of halogens is 4. The number of rotatable bonds is 4. The molecule has 0 aliphatic heterocycles. The fourth-order valence-electron chi connectivity index (χ4n) is 1.84. The molecule has 0 amide bonds. The zero-order valence-electron chi connectivity index (χ0n) is 11.3. The van der Waals surface area contributed by atoms with Crippen molar-refractivity contribution in [1.29, 1.82) is 0 Å². The standard InChI is InChI=1S/C16H12ClF3OS/c17-14-7-5-12(6-8-14)11-22(21)10-9-13-3-1-2-4-15(13)16(18,19)20/h1-10H,11H2/b10-9+. The molecule has 0 aliphatic carbocycles. The summed E-state index contributed by atoms with van der Waals surface area (Å²) in [7, 11) is 0. The van der Waals surface area contributed by atoms with E-state index in [2.05, 4.69) is 0 Å². The van der Waals surface area contributed by atoms with Crippen LogP contribution in [0.3, 0.4) is 0 Å². The van der Waals surface area contributed by atoms with Crippen molar-refractivity contribution in [3.63, 3.8) is 0 Å². The predicted molar refractivity (Wildman–Crippen MR) is 83.8 cm³/mol. The van der Waals surface area contributed by atoms with Gasteiger partial charge in [0.05, 0.1) is 5.56 Å². The smallest absolute Gasteiger partial charge is 0.416 e. The Hall–Kier alpha value is -1.43. The first-order valence-corrected chi connectivity index (χ1v) is 8.08. The van der Waals surface area contributed by atoms with E-state index in [4.69, 9.17) is 11.6 Å². The monoisotopic (exact) mass is 344 g/mol. The normalized spacial score (nSPS) is 13.5. The summed E-state index contributed by atoms with van der Waals surface area (Å²) in [6, 6.07) is 12.0. The Kier molecular flexibility index (Phi) is 5.56. The van der Waals surface area contributed by atoms with Crippen LogP contribution in [0, 0.1) is 0 Å². The van der Waals surface area contributed by atoms with Gasteiger partial charge in [-0.15, -0.1) is 0 Å². The van der Waals surface area contributed by atoms with Crippen molar-refractivity contribution in [1.82, 2.24) is 0 Å². The molecule has 22 heavy (non-hydrogen) atoms. The van der Waals surface area contributed by atoms with Crippen LogP contribution in [0.15, 0.2) is 53.9 Å². The molecule has 0 fully saturated rings. The predicted octanol–water partition coefficient (Wildman–Crippen LogP) is 5.28. The van der Waals surface area contributed by atoms with Crippen LogP contribution in [0.25, 0.3) is 6.08 Å². The van der Waals surface area contributed by atoms with Gasteiger partial charge in [-0.2, -0.15) is 13.2 Å². The van der Waals surface area contributed by atoms with Gasteiger partial charge in [0.1, 0.15) is 11.2 Å². The average Bonchev–Trinajstić information content (AvgIpc) is 2.47. The molecular formula is C16H12ClF3OS. The Morgan fingerprint density at radius 2 is 1.68 bits per heavy atom. The molecule has 1 atom stereocenters. The Labute approximate surface area is 134 Å². The molecule has 1 nitrogen and oxygen atoms in total. The van der Waals surface area contributed by atoms with Gasteiger partial charge in [0.25, 0.3) is 0 Å². The summed E-state index contributed by atoms with van der Waals surface area (Å²) in [5.74, 6) is 0.224. The Morgan fingerprint density at radius 1 is 1.05 bits per heavy atom. The first kappa shape index (κ1) is 16.9. The van der Waals surface area contributed by atoms with Crippen molar-refractivity contribution in [2.24, 2.45) is 0 Å². The van der Waals surface area contributed by atoms with Crippen LogP contribution in [-0.2, 0) is 23.1 Å². The van der Waals surface area contributed by atoms with Gasteiger partial charge in [-0.1, -0.05) is 41.9 Å². The van der Waals surface area contributed by atoms with Gasteiger partial charge in [0.2, 0.25) is 0 Å². The summed E-state index contributed by atoms with van der Waals surface area (Å²) in [5.41, 5.74) is 0.0608. The molecule has 0 N–H and O–H groups in total. The zero-order chi connectivity index (χ0) is 16.2. The molecule has 0 saturated carbocycles. The summed E-state index contributed by atoms with van der Waals surface area (Å²) >= 11 is 4.35. The van der Waals surface area contributed by atoms with Gasteiger partial charge in [0, 0.05) is 10.6 Å². The third kappa shape index (κ3) is 4.80. The molecule has 0 saturated heterocycles. The summed E-state index contributed by atoms with van der Waals surface area (Å²) in [4.78, 5) is 0. The fraction of sp³-hybridized carbons (Fsp3) is 0.125. The SMILES string of the molecule is [O-][S+](/C=C/c1ccccc1C(F)(F)F)Cc1ccc(Cl)cc1. The molecule has 2 aromatic rings. The van der Waals surface area contributed by atoms with Gasteiger partial charge >= 0.3 is 6.18 Å². The highest BCUT2D eigenvalue weighted by Crippen LogP contribution is 2.32. The molecule has 0 radical (unpaired) electrons. The van der Waals surface area contributed by atoms with E-state index in [-0.39, 0.29) is 11.3 Å². The van der Waals surface area contributed by atoms with Crippen LogP contribution >= 0.6 is 11.6 Å². The molecule has 0 bridgehead atoms. The van der Waals surface area contributed by atoms with Crippen LogP contribution in [0.5, 0.6) is 0 Å². The van der Waals surface area contributed by atoms with E-state index in [1.54, 1.807) is 24.3 Å². The van der Waals surface area contributed by atoms with E-state index in [9.17, 15) is 17.7 Å². The number of benzene rings is 2. The lowest BCUT2D eigenvalue weighted by molar-refractivity contribution is -0.137. The van der Waals surface area contributed by atoms with Gasteiger partial charge in [-0.25, -0.2) is 0 Å². The maximum atomic E-state index is 12.8. The first-order valence-electron chi connectivity index (χ1n) is 6.32. The molecule has 1 unspecified atom stereocenters. The fourth-order valence-corrected chi connectivity index (χ4v) is 2.88. The first-order chi connectivity index (χ1) is 10.4. The van der Waals surface area contributed by atoms with Crippen LogP contribution in [0.2, 0.25) is 5.02 Å². The lowest BCUT2D eigenvalue weighted by Gasteiger charge is -2.10. The minimum atomic E-state index is -4.43. The third-order valence-corrected chi connectivity index (χ3v) is 4.20. The van der Waals surface area contributed by atoms with Crippen molar-refractivity contribution in [2.75, 3.05) is 0 Å². The molecule has 2 rings (SSSR count). The van der Waals surface area contributed by atoms with Gasteiger partial charge < -0.3 is 4.55 Å². The quantitative estimate of drug-likeness (QED) is 0.692. The van der Waals surface area contributed by atoms with Crippen molar-refractivity contribution in [2.45, 2.75) is 11.9 Å². The number of alkyl halides is 3. The van der Waals surface area contributed by atoms with E-state index in [0.717, 1.165) is 11.6 Å². The van der Waals surface area contributed by atoms with Crippen molar-refractivity contribution in [3.8, 4) is 0 Å². The molecule has 0 aromatic heterocycles. The van der Waals surface area contributed by atoms with Gasteiger partial charge in [0.15, 0.2) is 0 Å². The highest BCUT2D eigenvalue weighted by molar-refractivity contribution is 7.93. The highest BCUT2D eigenvalue weighted by Gasteiger charge is 2.32. The molecule has 0 aliphatic rings. The summed E-state index contributed by atoms with van der Waals surface area (Å²) < 4.78 is 50.4. The molecular weight excluding hydrogens is 333 g/mol. The summed E-state index contributed by atoms with van der Waals surface area (Å²) in [5, 5.41) is 1.85. The van der Waals surface area contributed by atoms with E-state index in [1.165, 1.54) is 29.7 Å². The largest absolute Gasteiger partial charge is 0.612 e. The lowest BCUT2D eigenvalue weighted by atomic mass is 10.1. The maximum absolute atomic E-state index is 12.8. The minimum Gasteiger partial charge on any atom is -0.612 e. The summed E-state index contributed by atoms with van der Waals surface area (Å²) in [6.45, 7) is 0. The molecule has 116 valence electrons. The highest BCUT2D eigenvalue weighted by atomic mass is 35.5. The number of hydrogen-bond donors (Lipinski definition) is 0. The maximum Gasteiger partial charge on any atom is 0.416 e. The Balaban J connectivity index is 2.10. The van der Waals surface area contributed by atoms with Crippen molar-refractivity contribution >= 4 is 28.9 Å². The van der Waals surface area contributed by atoms with Crippen LogP contribution in [0.1, 0.15) is 16.7 Å². The van der Waals surface area contributed by atoms with Gasteiger partial charge in [-0.05, 0) is 41.0 Å². The third-order valence-electron chi connectivity index (χ3n) is 2.89. The summed E-state index contributed by atoms with van der Waals surface area (Å²) in [6.07, 6.45) is -3.19. The van der Waals surface area contributed by atoms with Crippen molar-refractivity contribution in [3.05, 3.63) is 75.7 Å². The topological polar surface area (TPSA) is 23.1 Å². The van der Waals surface area contributed by atoms with Crippen molar-refractivity contribution < 1.29 is 17.7 Å². The van der Waals surface area contributed by atoms with E-state index < -0.39 is 22.9 Å². The zero-order valence-corrected chi connectivity index (χ0v) is 12.9. The van der Waals surface area contributed by atoms with E-state index >= 15 is 0 Å². The second-order valence-corrected chi connectivity index (χ2v) is 6.30. The van der Waals surface area contributed by atoms with E-state index in [0.29, 0.717) is 5.02 Å². The van der Waals surface area contributed by atoms with Crippen LogP contribution < -0.4 is 0 Å². The lowest BCUT2D eigenvalue weighted by Crippen LogP contribution is -2.07. The van der Waals surface area contributed by atoms with Crippen LogP contribution in [-0.4, -0.2) is 4.55 Å². The molecule has 0 spiro atoms. The Bertz CT molecular complexity index is 653. The Morgan fingerprint density at radius 3 is 2.32 bits per heavy atom. The van der Waals surface area contributed by atoms with Crippen LogP contribution in [0.4, 0.5) is 13.2 Å². The second kappa shape index (κ2) is 7.22. The molecule has 0 heterocycles. The average molecular weight is 345 g/mol. The number of hydrogen-bond acceptors (Lipinski definition) is 1. The van der Waals surface area contributed by atoms with E-state index in [1.807, 2.05) is 0 Å². The second-order valence-electron chi connectivity index (χ2n) is 4.54.